The minimum atomic E-state index is -5.48. The fourth-order valence-corrected chi connectivity index (χ4v) is 5.67. The maximum Gasteiger partial charge on any atom is 0.369 e. The Labute approximate surface area is 197 Å². The Hall–Kier alpha value is -0.670. The van der Waals surface area contributed by atoms with Crippen LogP contribution in [0.2, 0.25) is 0 Å². The number of aliphatic hydroxyl groups is 1. The molecular formula is C18H30Cl2N2O8P2. The number of halogens is 2. The van der Waals surface area contributed by atoms with Gasteiger partial charge in [0.1, 0.15) is 0 Å². The minimum absolute atomic E-state index is 0.0905. The molecule has 184 valence electrons. The van der Waals surface area contributed by atoms with Crippen LogP contribution < -0.4 is 10.2 Å². The minimum Gasteiger partial charge on any atom is -0.369 e. The van der Waals surface area contributed by atoms with Gasteiger partial charge in [-0.1, -0.05) is 12.1 Å². The molecule has 14 heteroatoms. The highest BCUT2D eigenvalue weighted by Crippen LogP contribution is 2.69. The zero-order valence-corrected chi connectivity index (χ0v) is 20.7. The van der Waals surface area contributed by atoms with Gasteiger partial charge in [0.05, 0.1) is 0 Å². The van der Waals surface area contributed by atoms with Crippen molar-refractivity contribution in [3.05, 3.63) is 29.8 Å². The average molecular weight is 535 g/mol. The van der Waals surface area contributed by atoms with E-state index in [1.54, 1.807) is 0 Å². The van der Waals surface area contributed by atoms with Gasteiger partial charge in [-0.15, -0.1) is 23.2 Å². The van der Waals surface area contributed by atoms with Crippen molar-refractivity contribution in [1.29, 1.82) is 0 Å². The van der Waals surface area contributed by atoms with Gasteiger partial charge < -0.3 is 34.9 Å². The number of amides is 1. The Balaban J connectivity index is 2.42. The smallest absolute Gasteiger partial charge is 0.369 e. The Morgan fingerprint density at radius 1 is 0.969 bits per heavy atom. The summed E-state index contributed by atoms with van der Waals surface area (Å²) in [7, 11) is -11.0. The SMILES string of the molecule is O=C(CCCc1ccc(N(CCCl)CCCl)cc1)NCCCC(O)(P(=O)(O)O)P(=O)(O)O. The number of nitrogens with one attached hydrogen (secondary N) is 1. The number of rotatable bonds is 15. The van der Waals surface area contributed by atoms with E-state index in [0.717, 1.165) is 11.3 Å². The van der Waals surface area contributed by atoms with Crippen LogP contribution in [0, 0.1) is 0 Å². The van der Waals surface area contributed by atoms with Crippen LogP contribution >= 0.6 is 38.4 Å². The molecule has 1 aromatic carbocycles. The van der Waals surface area contributed by atoms with Gasteiger partial charge in [0.15, 0.2) is 0 Å². The monoisotopic (exact) mass is 534 g/mol. The molecule has 1 aromatic rings. The summed E-state index contributed by atoms with van der Waals surface area (Å²) < 4.78 is 22.6. The van der Waals surface area contributed by atoms with Crippen molar-refractivity contribution in [1.82, 2.24) is 5.32 Å². The van der Waals surface area contributed by atoms with Crippen molar-refractivity contribution in [2.24, 2.45) is 0 Å². The fourth-order valence-electron chi connectivity index (χ4n) is 3.00. The number of aryl methyl sites for hydroxylation is 1. The Morgan fingerprint density at radius 2 is 1.50 bits per heavy atom. The number of anilines is 1. The third-order valence-corrected chi connectivity index (χ3v) is 9.04. The molecule has 0 fully saturated rings. The molecule has 1 amide bonds. The molecule has 6 N–H and O–H groups in total. The molecule has 0 aromatic heterocycles. The molecule has 0 saturated carbocycles. The molecule has 0 saturated heterocycles. The Kier molecular flexibility index (Phi) is 12.2. The lowest BCUT2D eigenvalue weighted by molar-refractivity contribution is -0.121. The molecule has 0 heterocycles. The standard InChI is InChI=1S/C18H30Cl2N2O8P2/c19-10-13-22(14-11-20)16-7-5-15(6-8-16)3-1-4-17(23)21-12-2-9-18(24,31(25,26)27)32(28,29)30/h5-8,24H,1-4,9-14H2,(H,21,23)(H2,25,26,27)(H2,28,29,30). The molecule has 0 aliphatic carbocycles. The van der Waals surface area contributed by atoms with Gasteiger partial charge in [-0.05, 0) is 37.0 Å². The zero-order valence-electron chi connectivity index (χ0n) is 17.4. The van der Waals surface area contributed by atoms with Crippen molar-refractivity contribution in [3.8, 4) is 0 Å². The molecule has 0 bridgehead atoms. The van der Waals surface area contributed by atoms with E-state index in [0.29, 0.717) is 37.7 Å². The molecular weight excluding hydrogens is 505 g/mol. The van der Waals surface area contributed by atoms with Crippen molar-refractivity contribution in [3.63, 3.8) is 0 Å². The predicted octanol–water partition coefficient (Wildman–Crippen LogP) is 2.19. The van der Waals surface area contributed by atoms with E-state index in [1.807, 2.05) is 24.3 Å². The maximum absolute atomic E-state index is 11.9. The molecule has 0 unspecified atom stereocenters. The van der Waals surface area contributed by atoms with E-state index < -0.39 is 26.7 Å². The van der Waals surface area contributed by atoms with Gasteiger partial charge in [-0.3, -0.25) is 13.9 Å². The van der Waals surface area contributed by atoms with Crippen molar-refractivity contribution < 1.29 is 38.6 Å². The van der Waals surface area contributed by atoms with Crippen LogP contribution in [-0.4, -0.2) is 67.1 Å². The third kappa shape index (κ3) is 8.93. The van der Waals surface area contributed by atoms with Crippen LogP contribution in [0.25, 0.3) is 0 Å². The van der Waals surface area contributed by atoms with Crippen LogP contribution in [0.15, 0.2) is 24.3 Å². The summed E-state index contributed by atoms with van der Waals surface area (Å²) in [5, 5.41) is 8.83. The first kappa shape index (κ1) is 29.4. The summed E-state index contributed by atoms with van der Waals surface area (Å²) in [5.41, 5.74) is 2.06. The molecule has 0 aliphatic heterocycles. The van der Waals surface area contributed by atoms with Gasteiger partial charge in [0.2, 0.25) is 5.91 Å². The highest BCUT2D eigenvalue weighted by Gasteiger charge is 2.58. The topological polar surface area (TPSA) is 168 Å². The van der Waals surface area contributed by atoms with Gasteiger partial charge in [0.25, 0.3) is 5.08 Å². The van der Waals surface area contributed by atoms with Crippen LogP contribution in [0.4, 0.5) is 5.69 Å². The Bertz CT molecular complexity index is 788. The lowest BCUT2D eigenvalue weighted by Gasteiger charge is -2.29. The van der Waals surface area contributed by atoms with Crippen LogP contribution in [0.1, 0.15) is 31.2 Å². The van der Waals surface area contributed by atoms with Gasteiger partial charge in [-0.25, -0.2) is 0 Å². The second-order valence-corrected chi connectivity index (χ2v) is 12.0. The predicted molar refractivity (Wildman–Crippen MR) is 124 cm³/mol. The second-order valence-electron chi connectivity index (χ2n) is 7.20. The summed E-state index contributed by atoms with van der Waals surface area (Å²) in [5.74, 6) is 0.671. The number of alkyl halides is 2. The lowest BCUT2D eigenvalue weighted by Crippen LogP contribution is -2.31. The fraction of sp³-hybridized carbons (Fsp3) is 0.611. The quantitative estimate of drug-likeness (QED) is 0.112. The van der Waals surface area contributed by atoms with Gasteiger partial charge in [0, 0.05) is 49.9 Å². The number of carbonyl (C=O) groups is 1. The van der Waals surface area contributed by atoms with E-state index in [9.17, 15) is 19.0 Å². The number of benzene rings is 1. The first-order valence-electron chi connectivity index (χ1n) is 9.92. The molecule has 0 atom stereocenters. The third-order valence-electron chi connectivity index (χ3n) is 4.82. The van der Waals surface area contributed by atoms with Crippen molar-refractivity contribution >= 4 is 50.0 Å². The molecule has 0 aliphatic rings. The summed E-state index contributed by atoms with van der Waals surface area (Å²) >= 11 is 11.6. The Morgan fingerprint density at radius 3 is 1.97 bits per heavy atom. The van der Waals surface area contributed by atoms with E-state index in [4.69, 9.17) is 42.8 Å². The van der Waals surface area contributed by atoms with Gasteiger partial charge in [-0.2, -0.15) is 0 Å². The summed E-state index contributed by atoms with van der Waals surface area (Å²) in [6.07, 6.45) is 0.343. The highest BCUT2D eigenvalue weighted by molar-refractivity contribution is 7.72. The van der Waals surface area contributed by atoms with E-state index in [1.165, 1.54) is 0 Å². The lowest BCUT2D eigenvalue weighted by atomic mass is 10.1. The van der Waals surface area contributed by atoms with E-state index >= 15 is 0 Å². The maximum atomic E-state index is 11.9. The average Bonchev–Trinajstić information content (AvgIpc) is 2.70. The summed E-state index contributed by atoms with van der Waals surface area (Å²) in [4.78, 5) is 50.3. The van der Waals surface area contributed by atoms with Crippen LogP contribution in [-0.2, 0) is 20.3 Å². The number of nitrogens with zero attached hydrogens (tertiary/aromatic N) is 1. The van der Waals surface area contributed by atoms with Gasteiger partial charge >= 0.3 is 15.2 Å². The normalized spacial score (nSPS) is 12.6. The van der Waals surface area contributed by atoms with E-state index in [2.05, 4.69) is 10.2 Å². The summed E-state index contributed by atoms with van der Waals surface area (Å²) in [6, 6.07) is 7.87. The largest absolute Gasteiger partial charge is 0.369 e. The molecule has 0 spiro atoms. The molecule has 1 rings (SSSR count). The van der Waals surface area contributed by atoms with Crippen molar-refractivity contribution in [2.45, 2.75) is 37.2 Å². The summed E-state index contributed by atoms with van der Waals surface area (Å²) in [6.45, 7) is 1.29. The number of carbonyl (C=O) groups excluding carboxylic acids is 1. The van der Waals surface area contributed by atoms with Crippen LogP contribution in [0.3, 0.4) is 0 Å². The molecule has 32 heavy (non-hydrogen) atoms. The zero-order chi connectivity index (χ0) is 24.4. The van der Waals surface area contributed by atoms with Crippen LogP contribution in [0.5, 0.6) is 0 Å². The molecule has 0 radical (unpaired) electrons. The highest BCUT2D eigenvalue weighted by atomic mass is 35.5. The van der Waals surface area contributed by atoms with Crippen molar-refractivity contribution in [2.75, 3.05) is 36.3 Å². The van der Waals surface area contributed by atoms with E-state index in [-0.39, 0.29) is 25.3 Å². The number of hydrogen-bond donors (Lipinski definition) is 6. The molecule has 10 nitrogen and oxygen atoms in total. The first-order chi connectivity index (χ1) is 14.9. The second kappa shape index (κ2) is 13.3. The first-order valence-corrected chi connectivity index (χ1v) is 14.2. The number of hydrogen-bond acceptors (Lipinski definition) is 5.